The van der Waals surface area contributed by atoms with Gasteiger partial charge in [0.1, 0.15) is 0 Å². The fraction of sp³-hybridized carbons (Fsp3) is 1.00. The Hall–Kier alpha value is 2.43. The fourth-order valence-electron chi connectivity index (χ4n) is 2.17. The van der Waals surface area contributed by atoms with Gasteiger partial charge in [0, 0.05) is 0 Å². The van der Waals surface area contributed by atoms with Gasteiger partial charge in [-0.05, 0) is 0 Å². The fourth-order valence-corrected chi connectivity index (χ4v) is 172. The molecule has 0 aliphatic rings. The predicted molar refractivity (Wildman–Crippen MR) is 81.3 cm³/mol. The summed E-state index contributed by atoms with van der Waals surface area (Å²) in [5, 5.41) is 0. The first-order valence-corrected chi connectivity index (χ1v) is 26.8. The summed E-state index contributed by atoms with van der Waals surface area (Å²) in [7, 11) is 0. The zero-order chi connectivity index (χ0) is 12.0. The third-order valence-electron chi connectivity index (χ3n) is 3.61. The van der Waals surface area contributed by atoms with E-state index in [4.69, 9.17) is 0 Å². The van der Waals surface area contributed by atoms with Gasteiger partial charge in [0.15, 0.2) is 0 Å². The van der Waals surface area contributed by atoms with E-state index in [1.807, 2.05) is 0 Å². The summed E-state index contributed by atoms with van der Waals surface area (Å²) in [5.41, 5.74) is 0. The average Bonchev–Trinajstić information content (AvgIpc) is 1.77. The summed E-state index contributed by atoms with van der Waals surface area (Å²) in [4.78, 5) is 0. The molecule has 0 spiro atoms. The van der Waals surface area contributed by atoms with Crippen molar-refractivity contribution in [3.05, 3.63) is 0 Å². The molecule has 0 aliphatic carbocycles. The van der Waals surface area contributed by atoms with Crippen molar-refractivity contribution in [3.8, 4) is 0 Å². The molecule has 14 heavy (non-hydrogen) atoms. The Labute approximate surface area is 116 Å². The molecule has 0 saturated carbocycles. The van der Waals surface area contributed by atoms with E-state index in [0.717, 1.165) is 0 Å². The molecule has 0 nitrogen and oxygen atoms in total. The van der Waals surface area contributed by atoms with Crippen molar-refractivity contribution in [1.82, 2.24) is 0 Å². The Morgan fingerprint density at radius 3 is 0.643 bits per heavy atom. The van der Waals surface area contributed by atoms with E-state index in [1.54, 1.807) is 0 Å². The summed E-state index contributed by atoms with van der Waals surface area (Å²) in [6.45, 7) is 16.8. The molecule has 3 radical (unpaired) electrons. The molecule has 0 N–H and O–H groups in total. The van der Waals surface area contributed by atoms with Crippen LogP contribution in [0.5, 0.6) is 0 Å². The normalized spacial score (nSPS) is 15.9. The van der Waals surface area contributed by atoms with Crippen LogP contribution in [-0.4, -0.2) is 71.3 Å². The van der Waals surface area contributed by atoms with Crippen molar-refractivity contribution in [2.45, 2.75) is 45.8 Å². The van der Waals surface area contributed by atoms with E-state index in [2.05, 4.69) is 91.9 Å². The Morgan fingerprint density at radius 2 is 0.643 bits per heavy atom. The molecular formula is C7H21Se3Si4. The molecule has 7 heteroatoms. The van der Waals surface area contributed by atoms with Crippen LogP contribution in [-0.2, 0) is 0 Å². The van der Waals surface area contributed by atoms with Crippen molar-refractivity contribution in [1.29, 1.82) is 0 Å². The third kappa shape index (κ3) is 3.00. The molecule has 83 valence electrons. The van der Waals surface area contributed by atoms with Crippen LogP contribution in [0.3, 0.4) is 0 Å². The molecule has 0 saturated heterocycles. The number of hydrogen-bond acceptors (Lipinski definition) is 0. The second-order valence-electron chi connectivity index (χ2n) is 5.66. The molecule has 0 bridgehead atoms. The molecule has 0 aromatic carbocycles. The maximum absolute atomic E-state index is 3.60. The van der Waals surface area contributed by atoms with Gasteiger partial charge in [-0.3, -0.25) is 0 Å². The van der Waals surface area contributed by atoms with Gasteiger partial charge in [-0.1, -0.05) is 0 Å². The van der Waals surface area contributed by atoms with E-state index in [1.165, 1.54) is 0 Å². The van der Waals surface area contributed by atoms with E-state index < -0.39 is 25.2 Å². The van der Waals surface area contributed by atoms with Crippen LogP contribution in [0.15, 0.2) is 0 Å². The van der Waals surface area contributed by atoms with Crippen LogP contribution >= 0.6 is 0 Å². The van der Waals surface area contributed by atoms with Gasteiger partial charge < -0.3 is 0 Å². The van der Waals surface area contributed by atoms with Gasteiger partial charge >= 0.3 is 117 Å². The van der Waals surface area contributed by atoms with Crippen LogP contribution < -0.4 is 0 Å². The molecule has 0 atom stereocenters. The second-order valence-corrected chi connectivity index (χ2v) is 68.3. The summed E-state index contributed by atoms with van der Waals surface area (Å²) in [6, 6.07) is 0. The summed E-state index contributed by atoms with van der Waals surface area (Å²) in [6.07, 6.45) is -3.32. The number of hydrogen-bond donors (Lipinski definition) is 0. The first-order chi connectivity index (χ1) is 5.75. The summed E-state index contributed by atoms with van der Waals surface area (Å²) < 4.78 is 0. The van der Waals surface area contributed by atoms with Crippen LogP contribution in [0.2, 0.25) is 45.8 Å². The van der Waals surface area contributed by atoms with Crippen molar-refractivity contribution in [2.24, 2.45) is 0 Å². The summed E-state index contributed by atoms with van der Waals surface area (Å²) >= 11 is 10.8. The quantitative estimate of drug-likeness (QED) is 0.566. The van der Waals surface area contributed by atoms with Crippen LogP contribution in [0.1, 0.15) is 0 Å². The Kier molecular flexibility index (Phi) is 5.39. The molecular weight excluding hydrogens is 433 g/mol. The molecule has 0 aromatic rings. The van der Waals surface area contributed by atoms with Gasteiger partial charge in [-0.2, -0.15) is 0 Å². The van der Waals surface area contributed by atoms with Crippen LogP contribution in [0, 0.1) is 0 Å². The Bertz CT molecular complexity index is 174. The standard InChI is InChI=1S/C7H21Se3Si4/c1-11(2,8)14(7,12(3,4)9)13(5,6)10/h1-7H3. The molecule has 0 fully saturated rings. The molecule has 0 unspecified atom stereocenters. The first kappa shape index (κ1) is 16.4. The third-order valence-corrected chi connectivity index (χ3v) is 111. The molecule has 0 heterocycles. The van der Waals surface area contributed by atoms with E-state index in [0.29, 0.717) is 0 Å². The van der Waals surface area contributed by atoms with Crippen molar-refractivity contribution >= 4 is 71.3 Å². The van der Waals surface area contributed by atoms with Crippen LogP contribution in [0.25, 0.3) is 0 Å². The first-order valence-electron chi connectivity index (χ1n) is 4.86. The van der Waals surface area contributed by atoms with E-state index in [-0.39, 0.29) is 0 Å². The summed E-state index contributed by atoms with van der Waals surface area (Å²) in [5.74, 6) is 0. The average molecular weight is 454 g/mol. The Morgan fingerprint density at radius 1 is 0.500 bits per heavy atom. The van der Waals surface area contributed by atoms with Gasteiger partial charge in [0.2, 0.25) is 0 Å². The van der Waals surface area contributed by atoms with Crippen LogP contribution in [0.4, 0.5) is 0 Å². The minimum atomic E-state index is -1.11. The monoisotopic (exact) mass is 457 g/mol. The van der Waals surface area contributed by atoms with Crippen molar-refractivity contribution < 1.29 is 0 Å². The van der Waals surface area contributed by atoms with E-state index in [9.17, 15) is 0 Å². The minimum absolute atomic E-state index is 1.10. The second kappa shape index (κ2) is 4.60. The molecule has 0 aliphatic heterocycles. The Balaban J connectivity index is 5.54. The zero-order valence-electron chi connectivity index (χ0n) is 10.2. The van der Waals surface area contributed by atoms with Gasteiger partial charge in [0.25, 0.3) is 0 Å². The topological polar surface area (TPSA) is 0 Å². The zero-order valence-corrected chi connectivity index (χ0v) is 19.4. The number of rotatable bonds is 3. The molecule has 0 rings (SSSR count). The van der Waals surface area contributed by atoms with Gasteiger partial charge in [-0.15, -0.1) is 0 Å². The predicted octanol–water partition coefficient (Wildman–Crippen LogP) is 1.42. The van der Waals surface area contributed by atoms with Gasteiger partial charge in [-0.25, -0.2) is 0 Å². The van der Waals surface area contributed by atoms with Crippen molar-refractivity contribution in [2.75, 3.05) is 0 Å². The van der Waals surface area contributed by atoms with E-state index >= 15 is 0 Å². The molecule has 0 amide bonds. The van der Waals surface area contributed by atoms with Gasteiger partial charge in [0.05, 0.1) is 0 Å². The van der Waals surface area contributed by atoms with Crippen molar-refractivity contribution in [3.63, 3.8) is 0 Å². The SMILES string of the molecule is C[Si](C)([Se])[Si](C)([Si](C)(C)[Se])[Si](C)(C)[Se]. The maximum atomic E-state index is 3.60. The molecule has 0 aromatic heterocycles.